The number of carboxylic acid groups (broad SMARTS) is 1. The molecular formula is C16H13NO4S2. The Hall–Kier alpha value is -2.38. The molecule has 0 saturated heterocycles. The number of hydrogen-bond acceptors (Lipinski definition) is 4. The smallest absolute Gasteiger partial charge is 0.337 e. The molecule has 0 bridgehead atoms. The zero-order valence-corrected chi connectivity index (χ0v) is 13.7. The minimum absolute atomic E-state index is 0.0576. The molecule has 0 fully saturated rings. The third-order valence-electron chi connectivity index (χ3n) is 3.34. The Morgan fingerprint density at radius 2 is 1.74 bits per heavy atom. The molecule has 0 spiro atoms. The van der Waals surface area contributed by atoms with E-state index >= 15 is 0 Å². The number of aromatic carboxylic acids is 1. The molecule has 1 heterocycles. The van der Waals surface area contributed by atoms with Gasteiger partial charge >= 0.3 is 5.97 Å². The Bertz CT molecular complexity index is 1010. The molecule has 0 atom stereocenters. The van der Waals surface area contributed by atoms with E-state index in [0.717, 1.165) is 27.0 Å². The Morgan fingerprint density at radius 1 is 1.09 bits per heavy atom. The zero-order chi connectivity index (χ0) is 16.6. The molecule has 3 aromatic rings. The topological polar surface area (TPSA) is 83.5 Å². The molecule has 0 aliphatic rings. The summed E-state index contributed by atoms with van der Waals surface area (Å²) >= 11 is 1.13. The highest BCUT2D eigenvalue weighted by molar-refractivity contribution is 7.94. The molecule has 0 saturated carbocycles. The van der Waals surface area contributed by atoms with Gasteiger partial charge in [0.2, 0.25) is 0 Å². The van der Waals surface area contributed by atoms with Gasteiger partial charge in [-0.3, -0.25) is 4.72 Å². The Labute approximate surface area is 137 Å². The molecule has 7 heteroatoms. The molecule has 0 aliphatic carbocycles. The molecule has 118 valence electrons. The van der Waals surface area contributed by atoms with Crippen LogP contribution in [0.5, 0.6) is 0 Å². The first-order chi connectivity index (χ1) is 10.9. The van der Waals surface area contributed by atoms with Crippen molar-refractivity contribution in [1.29, 1.82) is 0 Å². The first kappa shape index (κ1) is 15.5. The number of aryl methyl sites for hydroxylation is 1. The van der Waals surface area contributed by atoms with Crippen LogP contribution >= 0.6 is 11.3 Å². The van der Waals surface area contributed by atoms with Crippen LogP contribution in [0.25, 0.3) is 10.8 Å². The number of rotatable bonds is 4. The van der Waals surface area contributed by atoms with Crippen molar-refractivity contribution in [2.45, 2.75) is 11.1 Å². The van der Waals surface area contributed by atoms with Crippen LogP contribution in [0.4, 0.5) is 5.69 Å². The van der Waals surface area contributed by atoms with Crippen molar-refractivity contribution < 1.29 is 18.3 Å². The average molecular weight is 347 g/mol. The summed E-state index contributed by atoms with van der Waals surface area (Å²) in [5, 5.41) is 10.9. The fourth-order valence-electron chi connectivity index (χ4n) is 2.25. The summed E-state index contributed by atoms with van der Waals surface area (Å²) in [6.45, 7) is 1.81. The normalized spacial score (nSPS) is 11.5. The molecule has 0 amide bonds. The molecule has 0 unspecified atom stereocenters. The van der Waals surface area contributed by atoms with Crippen LogP contribution in [0.2, 0.25) is 0 Å². The van der Waals surface area contributed by atoms with Crippen LogP contribution in [-0.2, 0) is 10.0 Å². The van der Waals surface area contributed by atoms with Gasteiger partial charge in [0, 0.05) is 4.88 Å². The van der Waals surface area contributed by atoms with Crippen molar-refractivity contribution in [3.8, 4) is 0 Å². The van der Waals surface area contributed by atoms with E-state index in [9.17, 15) is 18.3 Å². The lowest BCUT2D eigenvalue weighted by Crippen LogP contribution is -2.14. The highest BCUT2D eigenvalue weighted by atomic mass is 32.2. The van der Waals surface area contributed by atoms with E-state index in [1.807, 2.05) is 13.0 Å². The number of sulfonamides is 1. The third-order valence-corrected chi connectivity index (χ3v) is 6.20. The molecule has 2 N–H and O–H groups in total. The largest absolute Gasteiger partial charge is 0.478 e. The molecular weight excluding hydrogens is 334 g/mol. The number of anilines is 1. The molecule has 0 aliphatic heterocycles. The minimum atomic E-state index is -3.81. The number of benzene rings is 2. The van der Waals surface area contributed by atoms with Crippen LogP contribution in [0.15, 0.2) is 52.7 Å². The first-order valence-corrected chi connectivity index (χ1v) is 9.02. The van der Waals surface area contributed by atoms with Crippen molar-refractivity contribution in [1.82, 2.24) is 0 Å². The average Bonchev–Trinajstić information content (AvgIpc) is 2.93. The number of carbonyl (C=O) groups is 1. The Balaban J connectivity index is 2.11. The SMILES string of the molecule is Cc1ccc(S(=O)(=O)Nc2cc3ccccc3cc2C(=O)O)s1. The molecule has 5 nitrogen and oxygen atoms in total. The summed E-state index contributed by atoms with van der Waals surface area (Å²) in [5.41, 5.74) is -0.0252. The second kappa shape index (κ2) is 5.68. The number of nitrogens with one attached hydrogen (secondary N) is 1. The van der Waals surface area contributed by atoms with E-state index in [0.29, 0.717) is 0 Å². The van der Waals surface area contributed by atoms with Gasteiger partial charge in [0.05, 0.1) is 11.3 Å². The van der Waals surface area contributed by atoms with Gasteiger partial charge in [0.1, 0.15) is 4.21 Å². The van der Waals surface area contributed by atoms with Crippen molar-refractivity contribution in [2.75, 3.05) is 4.72 Å². The number of thiophene rings is 1. The molecule has 1 aromatic heterocycles. The van der Waals surface area contributed by atoms with Gasteiger partial charge in [-0.05, 0) is 42.0 Å². The summed E-state index contributed by atoms with van der Waals surface area (Å²) in [4.78, 5) is 12.3. The lowest BCUT2D eigenvalue weighted by atomic mass is 10.1. The monoisotopic (exact) mass is 347 g/mol. The predicted molar refractivity (Wildman–Crippen MR) is 90.8 cm³/mol. The molecule has 2 aromatic carbocycles. The number of hydrogen-bond donors (Lipinski definition) is 2. The second-order valence-electron chi connectivity index (χ2n) is 5.02. The van der Waals surface area contributed by atoms with Gasteiger partial charge in [0.15, 0.2) is 0 Å². The maximum absolute atomic E-state index is 12.4. The molecule has 3 rings (SSSR count). The maximum atomic E-state index is 12.4. The van der Waals surface area contributed by atoms with Crippen LogP contribution in [0.3, 0.4) is 0 Å². The summed E-state index contributed by atoms with van der Waals surface area (Å²) in [6, 6.07) is 13.4. The minimum Gasteiger partial charge on any atom is -0.478 e. The number of fused-ring (bicyclic) bond motifs is 1. The predicted octanol–water partition coefficient (Wildman–Crippen LogP) is 3.71. The van der Waals surface area contributed by atoms with E-state index in [1.54, 1.807) is 24.3 Å². The molecule has 0 radical (unpaired) electrons. The van der Waals surface area contributed by atoms with Crippen LogP contribution < -0.4 is 4.72 Å². The van der Waals surface area contributed by atoms with E-state index in [1.165, 1.54) is 18.2 Å². The highest BCUT2D eigenvalue weighted by Gasteiger charge is 2.20. The summed E-state index contributed by atoms with van der Waals surface area (Å²) in [6.07, 6.45) is 0. The van der Waals surface area contributed by atoms with Gasteiger partial charge in [-0.25, -0.2) is 13.2 Å². The maximum Gasteiger partial charge on any atom is 0.337 e. The van der Waals surface area contributed by atoms with Crippen LogP contribution in [0.1, 0.15) is 15.2 Å². The summed E-state index contributed by atoms with van der Waals surface area (Å²) in [5.74, 6) is -1.18. The van der Waals surface area contributed by atoms with Gasteiger partial charge in [0.25, 0.3) is 10.0 Å². The zero-order valence-electron chi connectivity index (χ0n) is 12.1. The van der Waals surface area contributed by atoms with E-state index < -0.39 is 16.0 Å². The Kier molecular flexibility index (Phi) is 3.83. The Morgan fingerprint density at radius 3 is 2.30 bits per heavy atom. The number of carboxylic acids is 1. The van der Waals surface area contributed by atoms with Gasteiger partial charge < -0.3 is 5.11 Å². The van der Waals surface area contributed by atoms with Crippen LogP contribution in [-0.4, -0.2) is 19.5 Å². The summed E-state index contributed by atoms with van der Waals surface area (Å²) < 4.78 is 27.4. The van der Waals surface area contributed by atoms with Crippen LogP contribution in [0, 0.1) is 6.92 Å². The quantitative estimate of drug-likeness (QED) is 0.753. The first-order valence-electron chi connectivity index (χ1n) is 6.72. The fourth-order valence-corrected chi connectivity index (χ4v) is 4.61. The highest BCUT2D eigenvalue weighted by Crippen LogP contribution is 2.28. The van der Waals surface area contributed by atoms with Gasteiger partial charge in [-0.15, -0.1) is 11.3 Å². The third kappa shape index (κ3) is 3.06. The van der Waals surface area contributed by atoms with Gasteiger partial charge in [-0.2, -0.15) is 0 Å². The van der Waals surface area contributed by atoms with Crippen molar-refractivity contribution >= 4 is 43.8 Å². The van der Waals surface area contributed by atoms with E-state index in [-0.39, 0.29) is 15.5 Å². The van der Waals surface area contributed by atoms with Crippen molar-refractivity contribution in [2.24, 2.45) is 0 Å². The van der Waals surface area contributed by atoms with E-state index in [4.69, 9.17) is 0 Å². The standard InChI is InChI=1S/C16H13NO4S2/c1-10-6-7-15(22-10)23(20,21)17-14-9-12-5-3-2-4-11(12)8-13(14)16(18)19/h2-9,17H,1H3,(H,18,19). The lowest BCUT2D eigenvalue weighted by Gasteiger charge is -2.11. The van der Waals surface area contributed by atoms with Crippen molar-refractivity contribution in [3.63, 3.8) is 0 Å². The molecule has 23 heavy (non-hydrogen) atoms. The van der Waals surface area contributed by atoms with Gasteiger partial charge in [-0.1, -0.05) is 24.3 Å². The summed E-state index contributed by atoms with van der Waals surface area (Å²) in [7, 11) is -3.81. The van der Waals surface area contributed by atoms with E-state index in [2.05, 4.69) is 4.72 Å². The lowest BCUT2D eigenvalue weighted by molar-refractivity contribution is 0.0698. The fraction of sp³-hybridized carbons (Fsp3) is 0.0625. The second-order valence-corrected chi connectivity index (χ2v) is 8.22. The van der Waals surface area contributed by atoms with Crippen molar-refractivity contribution in [3.05, 3.63) is 59.0 Å².